The van der Waals surface area contributed by atoms with E-state index in [9.17, 15) is 4.79 Å². The van der Waals surface area contributed by atoms with Gasteiger partial charge < -0.3 is 10.6 Å². The van der Waals surface area contributed by atoms with E-state index >= 15 is 0 Å². The molecule has 4 nitrogen and oxygen atoms in total. The highest BCUT2D eigenvalue weighted by atomic mass is 16.2. The van der Waals surface area contributed by atoms with E-state index in [-0.39, 0.29) is 5.91 Å². The summed E-state index contributed by atoms with van der Waals surface area (Å²) in [6.07, 6.45) is 1.11. The van der Waals surface area contributed by atoms with Crippen molar-refractivity contribution in [3.8, 4) is 0 Å². The number of nitrogens with one attached hydrogen (secondary N) is 2. The molecule has 1 aromatic carbocycles. The molecular formula is C16H25N3O. The minimum absolute atomic E-state index is 0.0733. The normalized spacial score (nSPS) is 16.9. The summed E-state index contributed by atoms with van der Waals surface area (Å²) in [7, 11) is 0. The summed E-state index contributed by atoms with van der Waals surface area (Å²) in [5, 5.41) is 6.32. The third-order valence-corrected chi connectivity index (χ3v) is 3.66. The Hall–Kier alpha value is -1.39. The summed E-state index contributed by atoms with van der Waals surface area (Å²) < 4.78 is 0. The Bertz CT molecular complexity index is 420. The van der Waals surface area contributed by atoms with Crippen molar-refractivity contribution < 1.29 is 4.79 Å². The van der Waals surface area contributed by atoms with Gasteiger partial charge in [0.05, 0.1) is 6.54 Å². The molecule has 0 aromatic heterocycles. The number of nitrogens with zero attached hydrogens (tertiary/aromatic N) is 1. The van der Waals surface area contributed by atoms with Gasteiger partial charge in [0.15, 0.2) is 0 Å². The number of hydrogen-bond acceptors (Lipinski definition) is 3. The van der Waals surface area contributed by atoms with E-state index < -0.39 is 0 Å². The van der Waals surface area contributed by atoms with Crippen LogP contribution in [-0.2, 0) is 4.79 Å². The molecule has 1 fully saturated rings. The lowest BCUT2D eigenvalue weighted by Crippen LogP contribution is -2.35. The summed E-state index contributed by atoms with van der Waals surface area (Å²) >= 11 is 0. The van der Waals surface area contributed by atoms with E-state index in [2.05, 4.69) is 41.5 Å². The standard InChI is InChI=1S/C16H25N3O/c1-13(2)14-4-6-15(7-5-14)18-16(20)12-19-10-3-8-17-9-11-19/h4-7,13,17H,3,8-12H2,1-2H3,(H,18,20). The number of hydrogen-bond donors (Lipinski definition) is 2. The fourth-order valence-corrected chi connectivity index (χ4v) is 2.41. The summed E-state index contributed by atoms with van der Waals surface area (Å²) in [5.74, 6) is 0.591. The molecule has 1 aliphatic heterocycles. The first-order valence-corrected chi connectivity index (χ1v) is 7.48. The average Bonchev–Trinajstić information content (AvgIpc) is 2.68. The van der Waals surface area contributed by atoms with Crippen molar-refractivity contribution in [1.82, 2.24) is 10.2 Å². The summed E-state index contributed by atoms with van der Waals surface area (Å²) in [6.45, 7) is 8.77. The van der Waals surface area contributed by atoms with Crippen molar-refractivity contribution >= 4 is 11.6 Å². The third-order valence-electron chi connectivity index (χ3n) is 3.66. The zero-order valence-electron chi connectivity index (χ0n) is 12.5. The van der Waals surface area contributed by atoms with Gasteiger partial charge in [0.25, 0.3) is 0 Å². The van der Waals surface area contributed by atoms with Gasteiger partial charge in [-0.3, -0.25) is 9.69 Å². The Morgan fingerprint density at radius 2 is 2.00 bits per heavy atom. The van der Waals surface area contributed by atoms with Crippen molar-refractivity contribution in [1.29, 1.82) is 0 Å². The SMILES string of the molecule is CC(C)c1ccc(NC(=O)CN2CCCNCC2)cc1. The van der Waals surface area contributed by atoms with Crippen LogP contribution in [0.4, 0.5) is 5.69 Å². The molecule has 110 valence electrons. The monoisotopic (exact) mass is 275 g/mol. The molecule has 1 heterocycles. The Balaban J connectivity index is 1.84. The first-order chi connectivity index (χ1) is 9.65. The van der Waals surface area contributed by atoms with E-state index in [1.54, 1.807) is 0 Å². The molecule has 0 atom stereocenters. The van der Waals surface area contributed by atoms with Crippen molar-refractivity contribution in [2.75, 3.05) is 38.0 Å². The molecule has 0 spiro atoms. The van der Waals surface area contributed by atoms with Crippen LogP contribution in [0.2, 0.25) is 0 Å². The second-order valence-corrected chi connectivity index (χ2v) is 5.70. The van der Waals surface area contributed by atoms with Crippen LogP contribution in [0.25, 0.3) is 0 Å². The minimum atomic E-state index is 0.0733. The Morgan fingerprint density at radius 1 is 1.25 bits per heavy atom. The molecule has 0 saturated carbocycles. The van der Waals surface area contributed by atoms with E-state index in [1.165, 1.54) is 5.56 Å². The van der Waals surface area contributed by atoms with Crippen LogP contribution in [0.15, 0.2) is 24.3 Å². The summed E-state index contributed by atoms with van der Waals surface area (Å²) in [5.41, 5.74) is 2.17. The van der Waals surface area contributed by atoms with Gasteiger partial charge in [-0.2, -0.15) is 0 Å². The maximum Gasteiger partial charge on any atom is 0.238 e. The molecule has 4 heteroatoms. The Morgan fingerprint density at radius 3 is 2.70 bits per heavy atom. The number of benzene rings is 1. The van der Waals surface area contributed by atoms with Gasteiger partial charge >= 0.3 is 0 Å². The number of amides is 1. The van der Waals surface area contributed by atoms with Crippen molar-refractivity contribution in [2.24, 2.45) is 0 Å². The molecule has 20 heavy (non-hydrogen) atoms. The average molecular weight is 275 g/mol. The fourth-order valence-electron chi connectivity index (χ4n) is 2.41. The van der Waals surface area contributed by atoms with Gasteiger partial charge in [-0.25, -0.2) is 0 Å². The Kier molecular flexibility index (Phi) is 5.56. The van der Waals surface area contributed by atoms with E-state index in [4.69, 9.17) is 0 Å². The lowest BCUT2D eigenvalue weighted by atomic mass is 10.0. The first-order valence-electron chi connectivity index (χ1n) is 7.48. The Labute approximate surface area is 121 Å². The van der Waals surface area contributed by atoms with Gasteiger partial charge in [0.1, 0.15) is 0 Å². The number of carbonyl (C=O) groups is 1. The molecule has 0 aliphatic carbocycles. The maximum atomic E-state index is 12.0. The molecule has 0 bridgehead atoms. The van der Waals surface area contributed by atoms with Gasteiger partial charge in [0, 0.05) is 18.8 Å². The first kappa shape index (κ1) is 15.0. The molecule has 1 aliphatic rings. The van der Waals surface area contributed by atoms with Crippen LogP contribution in [-0.4, -0.2) is 43.5 Å². The van der Waals surface area contributed by atoms with Crippen molar-refractivity contribution in [2.45, 2.75) is 26.2 Å². The van der Waals surface area contributed by atoms with Crippen LogP contribution in [0, 0.1) is 0 Å². The molecule has 0 radical (unpaired) electrons. The minimum Gasteiger partial charge on any atom is -0.325 e. The second-order valence-electron chi connectivity index (χ2n) is 5.70. The lowest BCUT2D eigenvalue weighted by molar-refractivity contribution is -0.117. The maximum absolute atomic E-state index is 12.0. The van der Waals surface area contributed by atoms with Crippen LogP contribution in [0.1, 0.15) is 31.7 Å². The van der Waals surface area contributed by atoms with Crippen LogP contribution < -0.4 is 10.6 Å². The van der Waals surface area contributed by atoms with E-state index in [0.717, 1.165) is 38.3 Å². The molecule has 1 aromatic rings. The highest BCUT2D eigenvalue weighted by Gasteiger charge is 2.12. The van der Waals surface area contributed by atoms with Gasteiger partial charge in [-0.15, -0.1) is 0 Å². The van der Waals surface area contributed by atoms with Crippen LogP contribution >= 0.6 is 0 Å². The highest BCUT2D eigenvalue weighted by Crippen LogP contribution is 2.17. The second kappa shape index (κ2) is 7.41. The molecule has 2 rings (SSSR count). The third kappa shape index (κ3) is 4.62. The lowest BCUT2D eigenvalue weighted by Gasteiger charge is -2.18. The fraction of sp³-hybridized carbons (Fsp3) is 0.562. The molecule has 1 saturated heterocycles. The summed E-state index contributed by atoms with van der Waals surface area (Å²) in [4.78, 5) is 14.2. The highest BCUT2D eigenvalue weighted by molar-refractivity contribution is 5.92. The molecule has 1 amide bonds. The van der Waals surface area contributed by atoms with E-state index in [0.29, 0.717) is 12.5 Å². The molecule has 0 unspecified atom stereocenters. The number of carbonyl (C=O) groups excluding carboxylic acids is 1. The topological polar surface area (TPSA) is 44.4 Å². The van der Waals surface area contributed by atoms with Crippen LogP contribution in [0.3, 0.4) is 0 Å². The zero-order valence-corrected chi connectivity index (χ0v) is 12.5. The smallest absolute Gasteiger partial charge is 0.238 e. The van der Waals surface area contributed by atoms with Crippen molar-refractivity contribution in [3.05, 3.63) is 29.8 Å². The number of anilines is 1. The molecular weight excluding hydrogens is 250 g/mol. The van der Waals surface area contributed by atoms with Gasteiger partial charge in [0.2, 0.25) is 5.91 Å². The predicted molar refractivity (Wildman–Crippen MR) is 83.1 cm³/mol. The summed E-state index contributed by atoms with van der Waals surface area (Å²) in [6, 6.07) is 8.13. The largest absolute Gasteiger partial charge is 0.325 e. The van der Waals surface area contributed by atoms with Crippen molar-refractivity contribution in [3.63, 3.8) is 0 Å². The van der Waals surface area contributed by atoms with Gasteiger partial charge in [-0.1, -0.05) is 26.0 Å². The zero-order chi connectivity index (χ0) is 14.4. The number of rotatable bonds is 4. The quantitative estimate of drug-likeness (QED) is 0.884. The predicted octanol–water partition coefficient (Wildman–Crippen LogP) is 2.04. The molecule has 2 N–H and O–H groups in total. The van der Waals surface area contributed by atoms with E-state index in [1.807, 2.05) is 12.1 Å². The van der Waals surface area contributed by atoms with Crippen LogP contribution in [0.5, 0.6) is 0 Å². The van der Waals surface area contributed by atoms with Gasteiger partial charge in [-0.05, 0) is 43.1 Å².